The Balaban J connectivity index is 3.86. The molecule has 0 aliphatic rings. The molecule has 0 saturated heterocycles. The lowest BCUT2D eigenvalue weighted by Crippen LogP contribution is -2.26. The van der Waals surface area contributed by atoms with Crippen LogP contribution < -0.4 is 0 Å². The molecule has 0 radical (unpaired) electrons. The van der Waals surface area contributed by atoms with E-state index in [-0.39, 0.29) is 5.97 Å². The minimum atomic E-state index is -0.391. The fourth-order valence-electron chi connectivity index (χ4n) is 1.12. The van der Waals surface area contributed by atoms with Crippen molar-refractivity contribution in [1.29, 1.82) is 0 Å². The Morgan fingerprint density at radius 2 is 2.00 bits per heavy atom. The zero-order chi connectivity index (χ0) is 11.7. The van der Waals surface area contributed by atoms with Gasteiger partial charge in [0.05, 0.1) is 0 Å². The molecule has 0 aromatic rings. The van der Waals surface area contributed by atoms with E-state index in [0.29, 0.717) is 6.42 Å². The van der Waals surface area contributed by atoms with Crippen LogP contribution in [0.15, 0.2) is 24.8 Å². The summed E-state index contributed by atoms with van der Waals surface area (Å²) in [6.07, 6.45) is 9.24. The Morgan fingerprint density at radius 3 is 2.53 bits per heavy atom. The molecule has 0 aromatic heterocycles. The zero-order valence-electron chi connectivity index (χ0n) is 10.1. The van der Waals surface area contributed by atoms with Crippen molar-refractivity contribution < 1.29 is 9.53 Å². The molecule has 0 N–H and O–H groups in total. The fourth-order valence-corrected chi connectivity index (χ4v) is 1.12. The summed E-state index contributed by atoms with van der Waals surface area (Å²) in [6, 6.07) is 0. The van der Waals surface area contributed by atoms with E-state index in [0.717, 1.165) is 19.3 Å². The normalized spacial score (nSPS) is 11.7. The number of esters is 1. The Kier molecular flexibility index (Phi) is 6.76. The highest BCUT2D eigenvalue weighted by atomic mass is 16.6. The van der Waals surface area contributed by atoms with Gasteiger partial charge in [-0.25, -0.2) is 0 Å². The van der Waals surface area contributed by atoms with E-state index in [4.69, 9.17) is 4.74 Å². The predicted octanol–water partition coefficient (Wildman–Crippen LogP) is 3.63. The average molecular weight is 210 g/mol. The molecule has 0 aliphatic heterocycles. The summed E-state index contributed by atoms with van der Waals surface area (Å²) in [6.45, 7) is 9.32. The summed E-state index contributed by atoms with van der Waals surface area (Å²) in [4.78, 5) is 11.1. The molecule has 2 nitrogen and oxygen atoms in total. The Morgan fingerprint density at radius 1 is 1.33 bits per heavy atom. The highest BCUT2D eigenvalue weighted by molar-refractivity contribution is 5.69. The first kappa shape index (κ1) is 13.9. The van der Waals surface area contributed by atoms with Gasteiger partial charge in [0.25, 0.3) is 0 Å². The summed E-state index contributed by atoms with van der Waals surface area (Å²) >= 11 is 0. The first-order valence-corrected chi connectivity index (χ1v) is 5.49. The first-order chi connectivity index (χ1) is 7.02. The van der Waals surface area contributed by atoms with Gasteiger partial charge in [-0.2, -0.15) is 0 Å². The van der Waals surface area contributed by atoms with Gasteiger partial charge in [0.15, 0.2) is 0 Å². The van der Waals surface area contributed by atoms with Crippen molar-refractivity contribution in [2.24, 2.45) is 0 Å². The van der Waals surface area contributed by atoms with Gasteiger partial charge in [0.1, 0.15) is 5.60 Å². The quantitative estimate of drug-likeness (QED) is 0.364. The minimum absolute atomic E-state index is 0.139. The number of carbonyl (C=O) groups is 1. The van der Waals surface area contributed by atoms with Gasteiger partial charge in [0, 0.05) is 12.8 Å². The number of rotatable bonds is 7. The van der Waals surface area contributed by atoms with Gasteiger partial charge >= 0.3 is 5.97 Å². The van der Waals surface area contributed by atoms with Crippen LogP contribution in [0.2, 0.25) is 0 Å². The average Bonchev–Trinajstić information content (AvgIpc) is 2.16. The number of ether oxygens (including phenoxy) is 1. The molecule has 86 valence electrons. The number of carbonyl (C=O) groups excluding carboxylic acids is 1. The van der Waals surface area contributed by atoms with Gasteiger partial charge in [0.2, 0.25) is 0 Å². The second kappa shape index (κ2) is 7.27. The lowest BCUT2D eigenvalue weighted by atomic mass is 10.0. The monoisotopic (exact) mass is 210 g/mol. The summed E-state index contributed by atoms with van der Waals surface area (Å²) in [5.41, 5.74) is -0.391. The maximum absolute atomic E-state index is 11.1. The summed E-state index contributed by atoms with van der Waals surface area (Å²) in [5, 5.41) is 0. The van der Waals surface area contributed by atoms with Crippen molar-refractivity contribution in [3.63, 3.8) is 0 Å². The fraction of sp³-hybridized carbons (Fsp3) is 0.615. The van der Waals surface area contributed by atoms with Crippen LogP contribution >= 0.6 is 0 Å². The van der Waals surface area contributed by atoms with Crippen LogP contribution in [-0.4, -0.2) is 11.6 Å². The molecule has 0 atom stereocenters. The van der Waals surface area contributed by atoms with Crippen LogP contribution in [0.5, 0.6) is 0 Å². The largest absolute Gasteiger partial charge is 0.459 e. The van der Waals surface area contributed by atoms with E-state index < -0.39 is 5.60 Å². The topological polar surface area (TPSA) is 26.3 Å². The predicted molar refractivity (Wildman–Crippen MR) is 63.7 cm³/mol. The molecule has 0 unspecified atom stereocenters. The van der Waals surface area contributed by atoms with E-state index in [9.17, 15) is 4.79 Å². The highest BCUT2D eigenvalue weighted by Crippen LogP contribution is 2.16. The van der Waals surface area contributed by atoms with Crippen LogP contribution in [0.1, 0.15) is 46.5 Å². The highest BCUT2D eigenvalue weighted by Gasteiger charge is 2.19. The minimum Gasteiger partial charge on any atom is -0.459 e. The van der Waals surface area contributed by atoms with Crippen LogP contribution in [-0.2, 0) is 9.53 Å². The van der Waals surface area contributed by atoms with E-state index in [1.54, 1.807) is 6.92 Å². The second-order valence-corrected chi connectivity index (χ2v) is 4.13. The van der Waals surface area contributed by atoms with E-state index in [2.05, 4.69) is 18.7 Å². The number of hydrogen-bond donors (Lipinski definition) is 0. The van der Waals surface area contributed by atoms with Crippen molar-refractivity contribution >= 4 is 5.97 Å². The SMILES string of the molecule is C=CCC/C=C/CC(C)(C)OC(=O)CC. The molecular formula is C13H22O2. The van der Waals surface area contributed by atoms with Crippen molar-refractivity contribution in [2.75, 3.05) is 0 Å². The maximum Gasteiger partial charge on any atom is 0.306 e. The Bertz CT molecular complexity index is 227. The lowest BCUT2D eigenvalue weighted by molar-refractivity contribution is -0.155. The van der Waals surface area contributed by atoms with Gasteiger partial charge in [-0.05, 0) is 26.7 Å². The van der Waals surface area contributed by atoms with Crippen molar-refractivity contribution in [1.82, 2.24) is 0 Å². The number of allylic oxidation sites excluding steroid dienone is 2. The molecule has 0 heterocycles. The Hall–Kier alpha value is -1.05. The molecule has 0 fully saturated rings. The molecule has 0 bridgehead atoms. The van der Waals surface area contributed by atoms with E-state index >= 15 is 0 Å². The van der Waals surface area contributed by atoms with Gasteiger partial charge < -0.3 is 4.74 Å². The molecule has 0 aromatic carbocycles. The number of hydrogen-bond acceptors (Lipinski definition) is 2. The van der Waals surface area contributed by atoms with Gasteiger partial charge in [-0.15, -0.1) is 6.58 Å². The summed E-state index contributed by atoms with van der Waals surface area (Å²) in [7, 11) is 0. The third-order valence-corrected chi connectivity index (χ3v) is 1.99. The van der Waals surface area contributed by atoms with Gasteiger partial charge in [-0.3, -0.25) is 4.79 Å². The molecule has 15 heavy (non-hydrogen) atoms. The standard InChI is InChI=1S/C13H22O2/c1-5-7-8-9-10-11-13(3,4)15-12(14)6-2/h5,9-10H,1,6-8,11H2,2-4H3/b10-9+. The molecule has 0 aliphatic carbocycles. The van der Waals surface area contributed by atoms with Crippen LogP contribution in [0.25, 0.3) is 0 Å². The zero-order valence-corrected chi connectivity index (χ0v) is 10.1. The molecule has 0 rings (SSSR count). The first-order valence-electron chi connectivity index (χ1n) is 5.49. The second-order valence-electron chi connectivity index (χ2n) is 4.13. The molecule has 0 amide bonds. The number of unbranched alkanes of at least 4 members (excludes halogenated alkanes) is 1. The van der Waals surface area contributed by atoms with Gasteiger partial charge in [-0.1, -0.05) is 25.2 Å². The molecular weight excluding hydrogens is 188 g/mol. The Labute approximate surface area is 93.0 Å². The smallest absolute Gasteiger partial charge is 0.306 e. The van der Waals surface area contributed by atoms with Crippen molar-refractivity contribution in [3.05, 3.63) is 24.8 Å². The van der Waals surface area contributed by atoms with Crippen LogP contribution in [0.4, 0.5) is 0 Å². The van der Waals surface area contributed by atoms with Crippen LogP contribution in [0, 0.1) is 0 Å². The van der Waals surface area contributed by atoms with E-state index in [1.165, 1.54) is 0 Å². The third-order valence-electron chi connectivity index (χ3n) is 1.99. The van der Waals surface area contributed by atoms with Crippen LogP contribution in [0.3, 0.4) is 0 Å². The maximum atomic E-state index is 11.1. The summed E-state index contributed by atoms with van der Waals surface area (Å²) < 4.78 is 5.28. The molecule has 0 spiro atoms. The van der Waals surface area contributed by atoms with Crippen molar-refractivity contribution in [3.8, 4) is 0 Å². The molecule has 0 saturated carbocycles. The summed E-state index contributed by atoms with van der Waals surface area (Å²) in [5.74, 6) is -0.139. The van der Waals surface area contributed by atoms with Crippen molar-refractivity contribution in [2.45, 2.75) is 52.1 Å². The van der Waals surface area contributed by atoms with E-state index in [1.807, 2.05) is 19.9 Å². The molecule has 2 heteroatoms. The lowest BCUT2D eigenvalue weighted by Gasteiger charge is -2.23. The third kappa shape index (κ3) is 7.98.